The van der Waals surface area contributed by atoms with Crippen molar-refractivity contribution in [1.82, 2.24) is 9.97 Å². The zero-order valence-corrected chi connectivity index (χ0v) is 14.9. The Kier molecular flexibility index (Phi) is 5.76. The van der Waals surface area contributed by atoms with Crippen molar-refractivity contribution >= 4 is 11.7 Å². The molecule has 1 atom stereocenters. The normalized spacial score (nSPS) is 16.6. The van der Waals surface area contributed by atoms with Crippen LogP contribution in [0.4, 0.5) is 5.95 Å². The molecule has 1 aliphatic carbocycles. The number of Topliss-reactive ketones (excluding diaryl/α,β-unsaturated/α-hetero) is 1. The molecule has 2 aromatic rings. The van der Waals surface area contributed by atoms with Gasteiger partial charge in [0.2, 0.25) is 5.95 Å². The van der Waals surface area contributed by atoms with E-state index in [9.17, 15) is 4.79 Å². The van der Waals surface area contributed by atoms with E-state index in [0.29, 0.717) is 17.9 Å². The summed E-state index contributed by atoms with van der Waals surface area (Å²) in [5.41, 5.74) is 3.95. The Morgan fingerprint density at radius 1 is 1.24 bits per heavy atom. The van der Waals surface area contributed by atoms with Crippen LogP contribution in [-0.2, 0) is 11.2 Å². The van der Waals surface area contributed by atoms with Gasteiger partial charge in [0.1, 0.15) is 0 Å². The standard InChI is InChI=1S/C20H25N3O2/c1-3-25-10-4-9-21-20-22-13-17-18(23-20)11-16(12-19(17)24)15-7-5-14(2)6-8-15/h5-8,13,16H,3-4,9-12H2,1-2H3,(H,21,22,23)/t16-/m0/s1. The fourth-order valence-corrected chi connectivity index (χ4v) is 3.12. The summed E-state index contributed by atoms with van der Waals surface area (Å²) in [5.74, 6) is 0.920. The number of hydrogen-bond donors (Lipinski definition) is 1. The van der Waals surface area contributed by atoms with E-state index in [1.807, 2.05) is 6.92 Å². The molecule has 0 saturated carbocycles. The van der Waals surface area contributed by atoms with Crippen molar-refractivity contribution in [2.24, 2.45) is 0 Å². The van der Waals surface area contributed by atoms with Gasteiger partial charge in [-0.1, -0.05) is 29.8 Å². The third-order valence-electron chi connectivity index (χ3n) is 4.54. The zero-order chi connectivity index (χ0) is 17.6. The Morgan fingerprint density at radius 2 is 2.04 bits per heavy atom. The number of benzene rings is 1. The molecular weight excluding hydrogens is 314 g/mol. The molecule has 1 heterocycles. The highest BCUT2D eigenvalue weighted by molar-refractivity contribution is 5.98. The third-order valence-corrected chi connectivity index (χ3v) is 4.54. The third kappa shape index (κ3) is 4.42. The summed E-state index contributed by atoms with van der Waals surface area (Å²) in [7, 11) is 0. The van der Waals surface area contributed by atoms with Crippen molar-refractivity contribution < 1.29 is 9.53 Å². The van der Waals surface area contributed by atoms with Crippen molar-refractivity contribution in [1.29, 1.82) is 0 Å². The average Bonchev–Trinajstić information content (AvgIpc) is 2.62. The Balaban J connectivity index is 1.69. The van der Waals surface area contributed by atoms with Crippen LogP contribution in [-0.4, -0.2) is 35.5 Å². The molecule has 5 heteroatoms. The number of nitrogens with one attached hydrogen (secondary N) is 1. The Morgan fingerprint density at radius 3 is 2.80 bits per heavy atom. The Hall–Kier alpha value is -2.27. The van der Waals surface area contributed by atoms with Crippen molar-refractivity contribution in [2.75, 3.05) is 25.1 Å². The van der Waals surface area contributed by atoms with Crippen LogP contribution in [0.1, 0.15) is 52.9 Å². The quantitative estimate of drug-likeness (QED) is 0.782. The molecule has 0 radical (unpaired) electrons. The highest BCUT2D eigenvalue weighted by Gasteiger charge is 2.27. The molecule has 5 nitrogen and oxygen atoms in total. The van der Waals surface area contributed by atoms with Gasteiger partial charge < -0.3 is 10.1 Å². The van der Waals surface area contributed by atoms with Crippen molar-refractivity contribution in [3.05, 3.63) is 52.8 Å². The van der Waals surface area contributed by atoms with Gasteiger partial charge in [-0.25, -0.2) is 9.97 Å². The maximum absolute atomic E-state index is 12.5. The molecule has 1 N–H and O–H groups in total. The number of carbonyl (C=O) groups excluding carboxylic acids is 1. The van der Waals surface area contributed by atoms with E-state index in [4.69, 9.17) is 4.74 Å². The van der Waals surface area contributed by atoms with Gasteiger partial charge >= 0.3 is 0 Å². The topological polar surface area (TPSA) is 64.1 Å². The molecule has 1 aliphatic rings. The lowest BCUT2D eigenvalue weighted by Crippen LogP contribution is -2.21. The van der Waals surface area contributed by atoms with Crippen LogP contribution in [0, 0.1) is 6.92 Å². The minimum Gasteiger partial charge on any atom is -0.382 e. The van der Waals surface area contributed by atoms with Crippen LogP contribution >= 0.6 is 0 Å². The summed E-state index contributed by atoms with van der Waals surface area (Å²) in [6.07, 6.45) is 3.88. The molecule has 3 rings (SSSR count). The number of rotatable bonds is 7. The second-order valence-corrected chi connectivity index (χ2v) is 6.47. The maximum Gasteiger partial charge on any atom is 0.222 e. The molecule has 0 unspecified atom stereocenters. The minimum atomic E-state index is 0.134. The summed E-state index contributed by atoms with van der Waals surface area (Å²) < 4.78 is 5.32. The monoisotopic (exact) mass is 339 g/mol. The molecule has 0 fully saturated rings. The zero-order valence-electron chi connectivity index (χ0n) is 14.9. The van der Waals surface area contributed by atoms with Gasteiger partial charge in [-0.05, 0) is 38.2 Å². The lowest BCUT2D eigenvalue weighted by atomic mass is 9.82. The Labute approximate surface area is 148 Å². The SMILES string of the molecule is CCOCCCNc1ncc2c(n1)C[C@H](c1ccc(C)cc1)CC2=O. The van der Waals surface area contributed by atoms with E-state index in [2.05, 4.69) is 46.5 Å². The summed E-state index contributed by atoms with van der Waals surface area (Å²) in [6.45, 7) is 6.28. The lowest BCUT2D eigenvalue weighted by molar-refractivity contribution is 0.0962. The number of hydrogen-bond acceptors (Lipinski definition) is 5. The van der Waals surface area contributed by atoms with Crippen molar-refractivity contribution in [2.45, 2.75) is 39.0 Å². The van der Waals surface area contributed by atoms with Gasteiger partial charge in [0.25, 0.3) is 0 Å². The Bertz CT molecular complexity index is 728. The highest BCUT2D eigenvalue weighted by atomic mass is 16.5. The first-order valence-electron chi connectivity index (χ1n) is 8.94. The number of ether oxygens (including phenoxy) is 1. The molecule has 0 aliphatic heterocycles. The van der Waals surface area contributed by atoms with Crippen LogP contribution in [0.15, 0.2) is 30.5 Å². The van der Waals surface area contributed by atoms with E-state index in [1.54, 1.807) is 6.20 Å². The molecule has 0 bridgehead atoms. The van der Waals surface area contributed by atoms with E-state index < -0.39 is 0 Å². The summed E-state index contributed by atoms with van der Waals surface area (Å²) >= 11 is 0. The van der Waals surface area contributed by atoms with Gasteiger partial charge in [0, 0.05) is 32.4 Å². The van der Waals surface area contributed by atoms with Gasteiger partial charge in [-0.2, -0.15) is 0 Å². The molecule has 0 saturated heterocycles. The van der Waals surface area contributed by atoms with Crippen LogP contribution in [0.3, 0.4) is 0 Å². The molecule has 0 amide bonds. The number of fused-ring (bicyclic) bond motifs is 1. The lowest BCUT2D eigenvalue weighted by Gasteiger charge is -2.23. The number of nitrogens with zero attached hydrogens (tertiary/aromatic N) is 2. The first-order chi connectivity index (χ1) is 12.2. The van der Waals surface area contributed by atoms with Gasteiger partial charge in [0.15, 0.2) is 5.78 Å². The predicted octanol–water partition coefficient (Wildman–Crippen LogP) is 3.54. The fourth-order valence-electron chi connectivity index (χ4n) is 3.12. The average molecular weight is 339 g/mol. The number of aromatic nitrogens is 2. The van der Waals surface area contributed by atoms with Crippen LogP contribution < -0.4 is 5.32 Å². The molecule has 1 aromatic heterocycles. The fraction of sp³-hybridized carbons (Fsp3) is 0.450. The van der Waals surface area contributed by atoms with Crippen LogP contribution in [0.2, 0.25) is 0 Å². The largest absolute Gasteiger partial charge is 0.382 e. The molecule has 132 valence electrons. The molecule has 0 spiro atoms. The second kappa shape index (κ2) is 8.21. The molecular formula is C20H25N3O2. The first-order valence-corrected chi connectivity index (χ1v) is 8.94. The van der Waals surface area contributed by atoms with Gasteiger partial charge in [-0.3, -0.25) is 4.79 Å². The van der Waals surface area contributed by atoms with E-state index in [1.165, 1.54) is 11.1 Å². The second-order valence-electron chi connectivity index (χ2n) is 6.47. The van der Waals surface area contributed by atoms with Crippen molar-refractivity contribution in [3.8, 4) is 0 Å². The summed E-state index contributed by atoms with van der Waals surface area (Å²) in [6, 6.07) is 8.43. The van der Waals surface area contributed by atoms with E-state index >= 15 is 0 Å². The van der Waals surface area contributed by atoms with Crippen LogP contribution in [0.25, 0.3) is 0 Å². The molecule has 25 heavy (non-hydrogen) atoms. The number of ketones is 1. The van der Waals surface area contributed by atoms with Gasteiger partial charge in [0.05, 0.1) is 11.3 Å². The molecule has 1 aromatic carbocycles. The maximum atomic E-state index is 12.5. The van der Waals surface area contributed by atoms with E-state index in [0.717, 1.165) is 38.3 Å². The summed E-state index contributed by atoms with van der Waals surface area (Å²) in [5, 5.41) is 3.22. The van der Waals surface area contributed by atoms with Crippen LogP contribution in [0.5, 0.6) is 0 Å². The number of carbonyl (C=O) groups is 1. The predicted molar refractivity (Wildman–Crippen MR) is 98.2 cm³/mol. The minimum absolute atomic E-state index is 0.134. The van der Waals surface area contributed by atoms with Gasteiger partial charge in [-0.15, -0.1) is 0 Å². The number of anilines is 1. The van der Waals surface area contributed by atoms with Crippen molar-refractivity contribution in [3.63, 3.8) is 0 Å². The number of aryl methyl sites for hydroxylation is 1. The summed E-state index contributed by atoms with van der Waals surface area (Å²) in [4.78, 5) is 21.3. The highest BCUT2D eigenvalue weighted by Crippen LogP contribution is 2.32. The smallest absolute Gasteiger partial charge is 0.222 e. The first kappa shape index (κ1) is 17.5. The van der Waals surface area contributed by atoms with E-state index in [-0.39, 0.29) is 11.7 Å².